The summed E-state index contributed by atoms with van der Waals surface area (Å²) in [7, 11) is 0. The molecule has 0 spiro atoms. The molecule has 1 aliphatic rings. The molecular formula is C27H25NO5S. The van der Waals surface area contributed by atoms with E-state index in [1.165, 1.54) is 6.92 Å². The van der Waals surface area contributed by atoms with E-state index in [-0.39, 0.29) is 18.9 Å². The van der Waals surface area contributed by atoms with Crippen molar-refractivity contribution in [2.24, 2.45) is 0 Å². The van der Waals surface area contributed by atoms with E-state index in [9.17, 15) is 19.5 Å². The fourth-order valence-corrected chi connectivity index (χ4v) is 5.05. The van der Waals surface area contributed by atoms with Crippen molar-refractivity contribution in [2.45, 2.75) is 30.6 Å². The third-order valence-electron chi connectivity index (χ3n) is 5.83. The Hall–Kier alpha value is -3.58. The molecule has 0 radical (unpaired) electrons. The monoisotopic (exact) mass is 475 g/mol. The number of carbonyl (C=O) groups is 3. The van der Waals surface area contributed by atoms with Crippen LogP contribution in [0.4, 0.5) is 4.79 Å². The number of hydrogen-bond acceptors (Lipinski definition) is 5. The highest BCUT2D eigenvalue weighted by molar-refractivity contribution is 8.14. The number of carbonyl (C=O) groups excluding carboxylic acids is 2. The third kappa shape index (κ3) is 5.31. The first-order chi connectivity index (χ1) is 16.4. The van der Waals surface area contributed by atoms with Crippen molar-refractivity contribution in [1.29, 1.82) is 0 Å². The predicted molar refractivity (Wildman–Crippen MR) is 132 cm³/mol. The van der Waals surface area contributed by atoms with Gasteiger partial charge in [0.2, 0.25) is 5.12 Å². The summed E-state index contributed by atoms with van der Waals surface area (Å²) in [5, 5.41) is 10.7. The van der Waals surface area contributed by atoms with Crippen molar-refractivity contribution in [3.63, 3.8) is 0 Å². The molecule has 2 N–H and O–H groups in total. The van der Waals surface area contributed by atoms with Crippen molar-refractivity contribution in [2.75, 3.05) is 6.61 Å². The molecule has 1 aliphatic carbocycles. The van der Waals surface area contributed by atoms with Gasteiger partial charge in [-0.1, -0.05) is 90.6 Å². The number of benzene rings is 3. The maximum Gasteiger partial charge on any atom is 0.407 e. The molecular weight excluding hydrogens is 450 g/mol. The normalized spacial score (nSPS) is 13.9. The third-order valence-corrected chi connectivity index (χ3v) is 7.07. The van der Waals surface area contributed by atoms with E-state index in [0.29, 0.717) is 11.8 Å². The summed E-state index contributed by atoms with van der Waals surface area (Å²) >= 11 is 0.714. The number of nitrogens with one attached hydrogen (secondary N) is 1. The quantitative estimate of drug-likeness (QED) is 0.483. The van der Waals surface area contributed by atoms with Crippen LogP contribution >= 0.6 is 11.8 Å². The molecule has 4 rings (SSSR count). The molecule has 3 aromatic rings. The first-order valence-electron chi connectivity index (χ1n) is 11.0. The molecule has 6 nitrogen and oxygen atoms in total. The van der Waals surface area contributed by atoms with E-state index in [0.717, 1.165) is 27.8 Å². The van der Waals surface area contributed by atoms with Crippen LogP contribution in [-0.2, 0) is 20.7 Å². The summed E-state index contributed by atoms with van der Waals surface area (Å²) in [6, 6.07) is 24.3. The zero-order chi connectivity index (χ0) is 24.1. The largest absolute Gasteiger partial charge is 0.480 e. The van der Waals surface area contributed by atoms with Crippen LogP contribution in [0.2, 0.25) is 0 Å². The van der Waals surface area contributed by atoms with Crippen LogP contribution in [-0.4, -0.2) is 40.2 Å². The van der Waals surface area contributed by atoms with Crippen molar-refractivity contribution in [3.8, 4) is 11.1 Å². The summed E-state index contributed by atoms with van der Waals surface area (Å²) in [5.41, 5.74) is 5.28. The van der Waals surface area contributed by atoms with Crippen LogP contribution in [0.1, 0.15) is 29.5 Å². The average Bonchev–Trinajstić information content (AvgIpc) is 3.16. The zero-order valence-corrected chi connectivity index (χ0v) is 19.5. The highest BCUT2D eigenvalue weighted by Gasteiger charge is 2.30. The van der Waals surface area contributed by atoms with Gasteiger partial charge < -0.3 is 15.2 Å². The Bertz CT molecular complexity index is 1150. The number of amides is 1. The first kappa shape index (κ1) is 23.6. The maximum atomic E-state index is 12.6. The second-order valence-electron chi connectivity index (χ2n) is 8.15. The second kappa shape index (κ2) is 10.6. The summed E-state index contributed by atoms with van der Waals surface area (Å²) in [4.78, 5) is 36.7. The average molecular weight is 476 g/mol. The number of carboxylic acids is 1. The van der Waals surface area contributed by atoms with Gasteiger partial charge in [-0.3, -0.25) is 9.59 Å². The van der Waals surface area contributed by atoms with Crippen molar-refractivity contribution in [3.05, 3.63) is 95.6 Å². The molecule has 0 saturated heterocycles. The van der Waals surface area contributed by atoms with Crippen LogP contribution in [0.15, 0.2) is 78.9 Å². The smallest absolute Gasteiger partial charge is 0.407 e. The molecule has 0 aromatic heterocycles. The fourth-order valence-electron chi connectivity index (χ4n) is 4.13. The summed E-state index contributed by atoms with van der Waals surface area (Å²) in [6.45, 7) is 1.66. The lowest BCUT2D eigenvalue weighted by Crippen LogP contribution is -2.39. The topological polar surface area (TPSA) is 92.7 Å². The van der Waals surface area contributed by atoms with E-state index < -0.39 is 28.5 Å². The van der Waals surface area contributed by atoms with Crippen LogP contribution < -0.4 is 5.32 Å². The highest BCUT2D eigenvalue weighted by Crippen LogP contribution is 2.44. The number of fused-ring (bicyclic) bond motifs is 3. The lowest BCUT2D eigenvalue weighted by Gasteiger charge is -2.18. The van der Waals surface area contributed by atoms with Crippen molar-refractivity contribution >= 4 is 28.9 Å². The van der Waals surface area contributed by atoms with Gasteiger partial charge in [-0.25, -0.2) is 4.79 Å². The van der Waals surface area contributed by atoms with Crippen LogP contribution in [0, 0.1) is 0 Å². The molecule has 0 heterocycles. The molecule has 34 heavy (non-hydrogen) atoms. The molecule has 0 unspecified atom stereocenters. The number of thioether (sulfide) groups is 1. The molecule has 174 valence electrons. The number of hydrogen-bond donors (Lipinski definition) is 2. The van der Waals surface area contributed by atoms with Gasteiger partial charge in [0.25, 0.3) is 0 Å². The zero-order valence-electron chi connectivity index (χ0n) is 18.6. The van der Waals surface area contributed by atoms with E-state index in [1.807, 2.05) is 66.7 Å². The predicted octanol–water partition coefficient (Wildman–Crippen LogP) is 4.87. The Morgan fingerprint density at radius 1 is 0.912 bits per heavy atom. The van der Waals surface area contributed by atoms with Crippen LogP contribution in [0.5, 0.6) is 0 Å². The van der Waals surface area contributed by atoms with E-state index in [4.69, 9.17) is 4.74 Å². The molecule has 3 aromatic carbocycles. The molecule has 7 heteroatoms. The lowest BCUT2D eigenvalue weighted by atomic mass is 9.98. The van der Waals surface area contributed by atoms with Crippen molar-refractivity contribution < 1.29 is 24.2 Å². The Labute approximate surface area is 202 Å². The standard InChI is InChI=1S/C27H25NO5S/c1-17(26(31)34-24(25(29)30)15-18-9-3-2-4-10-18)28-27(32)33-16-23-21-13-7-5-11-19(21)20-12-6-8-14-22(20)23/h2-14,17,23-24H,15-16H2,1H3,(H,28,32)(H,29,30)/t17-,24-/m1/s1. The van der Waals surface area contributed by atoms with Gasteiger partial charge in [0.15, 0.2) is 0 Å². The van der Waals surface area contributed by atoms with E-state index in [1.54, 1.807) is 0 Å². The first-order valence-corrected chi connectivity index (χ1v) is 11.9. The van der Waals surface area contributed by atoms with Gasteiger partial charge in [-0.05, 0) is 41.2 Å². The maximum absolute atomic E-state index is 12.6. The van der Waals surface area contributed by atoms with Gasteiger partial charge in [0, 0.05) is 5.92 Å². The SMILES string of the molecule is C[C@@H](NC(=O)OCC1c2ccccc2-c2ccccc21)C(=O)S[C@H](Cc1ccccc1)C(=O)O. The number of ether oxygens (including phenoxy) is 1. The van der Waals surface area contributed by atoms with Gasteiger partial charge in [-0.15, -0.1) is 0 Å². The summed E-state index contributed by atoms with van der Waals surface area (Å²) < 4.78 is 5.48. The summed E-state index contributed by atoms with van der Waals surface area (Å²) in [5.74, 6) is -1.16. The fraction of sp³-hybridized carbons (Fsp3) is 0.222. The van der Waals surface area contributed by atoms with Crippen LogP contribution in [0.25, 0.3) is 11.1 Å². The Morgan fingerprint density at radius 3 is 2.06 bits per heavy atom. The van der Waals surface area contributed by atoms with Gasteiger partial charge >= 0.3 is 12.1 Å². The van der Waals surface area contributed by atoms with E-state index >= 15 is 0 Å². The Kier molecular flexibility index (Phi) is 7.33. The number of alkyl carbamates (subject to hydrolysis) is 1. The molecule has 2 atom stereocenters. The summed E-state index contributed by atoms with van der Waals surface area (Å²) in [6.07, 6.45) is -0.497. The Morgan fingerprint density at radius 2 is 1.47 bits per heavy atom. The van der Waals surface area contributed by atoms with Gasteiger partial charge in [0.1, 0.15) is 11.9 Å². The minimum absolute atomic E-state index is 0.0826. The minimum atomic E-state index is -1.07. The molecule has 0 bridgehead atoms. The molecule has 0 fully saturated rings. The van der Waals surface area contributed by atoms with Crippen LogP contribution in [0.3, 0.4) is 0 Å². The number of carboxylic acid groups (broad SMARTS) is 1. The number of rotatable bonds is 8. The van der Waals surface area contributed by atoms with E-state index in [2.05, 4.69) is 17.4 Å². The number of aliphatic carboxylic acids is 1. The lowest BCUT2D eigenvalue weighted by molar-refractivity contribution is -0.136. The molecule has 1 amide bonds. The molecule has 0 aliphatic heterocycles. The Balaban J connectivity index is 1.33. The van der Waals surface area contributed by atoms with Gasteiger partial charge in [-0.2, -0.15) is 0 Å². The highest BCUT2D eigenvalue weighted by atomic mass is 32.2. The molecule has 0 saturated carbocycles. The van der Waals surface area contributed by atoms with Crippen molar-refractivity contribution in [1.82, 2.24) is 5.32 Å². The second-order valence-corrected chi connectivity index (χ2v) is 9.35. The minimum Gasteiger partial charge on any atom is -0.480 e. The van der Waals surface area contributed by atoms with Gasteiger partial charge in [0.05, 0.1) is 6.04 Å².